The molecule has 3 heterocycles. The van der Waals surface area contributed by atoms with Gasteiger partial charge in [-0.2, -0.15) is 0 Å². The summed E-state index contributed by atoms with van der Waals surface area (Å²) < 4.78 is 14.1. The Morgan fingerprint density at radius 3 is 2.35 bits per heavy atom. The maximum Gasteiger partial charge on any atom is 0.327 e. The van der Waals surface area contributed by atoms with Gasteiger partial charge < -0.3 is 10.2 Å². The van der Waals surface area contributed by atoms with Crippen molar-refractivity contribution < 1.29 is 18.8 Å². The number of amides is 4. The summed E-state index contributed by atoms with van der Waals surface area (Å²) in [5.41, 5.74) is 0.0485. The molecule has 5 rings (SSSR count). The first kappa shape index (κ1) is 27.8. The van der Waals surface area contributed by atoms with Gasteiger partial charge in [0.25, 0.3) is 5.91 Å². The highest BCUT2D eigenvalue weighted by Gasteiger charge is 2.62. The molecule has 1 saturated carbocycles. The number of hydrogen-bond donors (Lipinski definition) is 1. The summed E-state index contributed by atoms with van der Waals surface area (Å²) >= 11 is 0. The van der Waals surface area contributed by atoms with Gasteiger partial charge in [0.15, 0.2) is 0 Å². The quantitative estimate of drug-likeness (QED) is 0.517. The van der Waals surface area contributed by atoms with Crippen LogP contribution in [0.5, 0.6) is 0 Å². The zero-order chi connectivity index (χ0) is 25.6. The summed E-state index contributed by atoms with van der Waals surface area (Å²) in [5, 5.41) is 3.24. The van der Waals surface area contributed by atoms with E-state index in [-0.39, 0.29) is 66.2 Å². The van der Waals surface area contributed by atoms with Crippen LogP contribution in [0.15, 0.2) is 24.3 Å². The van der Waals surface area contributed by atoms with Crippen molar-refractivity contribution in [2.24, 2.45) is 5.92 Å². The third-order valence-electron chi connectivity index (χ3n) is 9.06. The summed E-state index contributed by atoms with van der Waals surface area (Å²) in [6.45, 7) is 4.73. The Hall–Kier alpha value is -2.19. The normalized spacial score (nSPS) is 28.9. The van der Waals surface area contributed by atoms with Crippen LogP contribution in [-0.2, 0) is 9.59 Å². The molecule has 2 unspecified atom stereocenters. The molecule has 9 heteroatoms. The minimum atomic E-state index is -0.749. The summed E-state index contributed by atoms with van der Waals surface area (Å²) in [7, 11) is 1.60. The van der Waals surface area contributed by atoms with Crippen molar-refractivity contribution in [3.05, 3.63) is 35.6 Å². The van der Waals surface area contributed by atoms with E-state index in [1.807, 2.05) is 24.8 Å². The van der Waals surface area contributed by atoms with Gasteiger partial charge in [-0.15, -0.1) is 12.4 Å². The van der Waals surface area contributed by atoms with Crippen molar-refractivity contribution in [1.82, 2.24) is 20.0 Å². The Morgan fingerprint density at radius 2 is 1.76 bits per heavy atom. The van der Waals surface area contributed by atoms with Crippen molar-refractivity contribution in [2.45, 2.75) is 101 Å². The van der Waals surface area contributed by atoms with Gasteiger partial charge in [-0.3, -0.25) is 19.4 Å². The van der Waals surface area contributed by atoms with Crippen LogP contribution in [-0.4, -0.2) is 69.8 Å². The molecule has 3 atom stereocenters. The number of imide groups is 1. The van der Waals surface area contributed by atoms with Crippen LogP contribution in [0.3, 0.4) is 0 Å². The average molecular weight is 535 g/mol. The first-order valence-corrected chi connectivity index (χ1v) is 13.6. The molecule has 3 saturated heterocycles. The third kappa shape index (κ3) is 4.99. The summed E-state index contributed by atoms with van der Waals surface area (Å²) in [6.07, 6.45) is 8.01. The highest BCUT2D eigenvalue weighted by atomic mass is 35.5. The van der Waals surface area contributed by atoms with Gasteiger partial charge in [-0.25, -0.2) is 9.18 Å². The second-order valence-corrected chi connectivity index (χ2v) is 11.6. The molecule has 1 aromatic rings. The SMILES string of the molecule is CC(C)N1C(=O)N(C)C(=O)C12CC1CCC(C2)N1CC[C@H](NC(=O)C1CCCC1)c1cccc(F)c1.Cl. The number of benzene rings is 1. The van der Waals surface area contributed by atoms with Crippen LogP contribution in [0.4, 0.5) is 9.18 Å². The highest BCUT2D eigenvalue weighted by molar-refractivity contribution is 6.07. The predicted molar refractivity (Wildman–Crippen MR) is 142 cm³/mol. The van der Waals surface area contributed by atoms with Crippen molar-refractivity contribution in [1.29, 1.82) is 0 Å². The van der Waals surface area contributed by atoms with Gasteiger partial charge in [-0.05, 0) is 76.5 Å². The molecule has 4 aliphatic rings. The lowest BCUT2D eigenvalue weighted by Crippen LogP contribution is -2.61. The zero-order valence-electron chi connectivity index (χ0n) is 22.1. The van der Waals surface area contributed by atoms with Crippen molar-refractivity contribution in [3.63, 3.8) is 0 Å². The minimum absolute atomic E-state index is 0. The van der Waals surface area contributed by atoms with Gasteiger partial charge in [0.2, 0.25) is 5.91 Å². The Labute approximate surface area is 225 Å². The summed E-state index contributed by atoms with van der Waals surface area (Å²) in [5.74, 6) is -0.237. The van der Waals surface area contributed by atoms with Crippen LogP contribution >= 0.6 is 12.4 Å². The largest absolute Gasteiger partial charge is 0.349 e. The van der Waals surface area contributed by atoms with E-state index in [1.165, 1.54) is 17.0 Å². The lowest BCUT2D eigenvalue weighted by atomic mass is 9.80. The fourth-order valence-electron chi connectivity index (χ4n) is 7.42. The number of rotatable bonds is 7. The number of carbonyl (C=O) groups is 3. The zero-order valence-corrected chi connectivity index (χ0v) is 22.9. The lowest BCUT2D eigenvalue weighted by molar-refractivity contribution is -0.137. The molecule has 4 fully saturated rings. The molecule has 1 spiro atoms. The van der Waals surface area contributed by atoms with Gasteiger partial charge >= 0.3 is 6.03 Å². The maximum absolute atomic E-state index is 14.1. The molecule has 1 N–H and O–H groups in total. The number of likely N-dealkylation sites (N-methyl/N-ethyl adjacent to an activating group) is 1. The number of fused-ring (bicyclic) bond motifs is 2. The van der Waals surface area contributed by atoms with Crippen LogP contribution in [0.1, 0.15) is 83.2 Å². The van der Waals surface area contributed by atoms with E-state index in [0.29, 0.717) is 19.3 Å². The molecule has 0 aromatic heterocycles. The summed E-state index contributed by atoms with van der Waals surface area (Å²) in [6, 6.07) is 6.49. The van der Waals surface area contributed by atoms with Crippen LogP contribution in [0.25, 0.3) is 0 Å². The van der Waals surface area contributed by atoms with Crippen LogP contribution in [0.2, 0.25) is 0 Å². The van der Waals surface area contributed by atoms with Gasteiger partial charge in [0.05, 0.1) is 6.04 Å². The molecule has 1 aromatic carbocycles. The average Bonchev–Trinajstić information content (AvgIpc) is 3.51. The first-order valence-electron chi connectivity index (χ1n) is 13.6. The monoisotopic (exact) mass is 534 g/mol. The topological polar surface area (TPSA) is 73.0 Å². The molecule has 1 aliphatic carbocycles. The molecule has 0 radical (unpaired) electrons. The molecular formula is C28H40ClFN4O3. The number of halogens is 2. The number of nitrogens with zero attached hydrogens (tertiary/aromatic N) is 3. The molecule has 4 amide bonds. The maximum atomic E-state index is 14.1. The Kier molecular flexibility index (Phi) is 8.19. The Morgan fingerprint density at radius 1 is 1.11 bits per heavy atom. The molecule has 3 aliphatic heterocycles. The standard InChI is InChI=1S/C28H39FN4O3.ClH/c1-18(2)33-27(36)31(3)26(35)28(33)16-22-11-12-23(17-28)32(22)14-13-24(20-9-6-10-21(29)15-20)30-25(34)19-7-4-5-8-19;/h6,9-10,15,18-19,22-24H,4-5,7-8,11-14,16-17H2,1-3H3,(H,30,34);1H/t22?,23?,24-,28?;/m0./s1. The number of carbonyl (C=O) groups excluding carboxylic acids is 3. The van der Waals surface area contributed by atoms with Crippen LogP contribution in [0, 0.1) is 11.7 Å². The third-order valence-corrected chi connectivity index (χ3v) is 9.06. The minimum Gasteiger partial charge on any atom is -0.349 e. The van der Waals surface area contributed by atoms with E-state index < -0.39 is 5.54 Å². The number of urea groups is 1. The number of piperidine rings is 1. The van der Waals surface area contributed by atoms with E-state index in [9.17, 15) is 18.8 Å². The smallest absolute Gasteiger partial charge is 0.327 e. The van der Waals surface area contributed by atoms with E-state index in [2.05, 4.69) is 10.2 Å². The Bertz CT molecular complexity index is 1020. The van der Waals surface area contributed by atoms with Crippen molar-refractivity contribution in [3.8, 4) is 0 Å². The first-order chi connectivity index (χ1) is 17.2. The number of nitrogens with one attached hydrogen (secondary N) is 1. The van der Waals surface area contributed by atoms with Gasteiger partial charge in [0, 0.05) is 37.6 Å². The summed E-state index contributed by atoms with van der Waals surface area (Å²) in [4.78, 5) is 44.8. The predicted octanol–water partition coefficient (Wildman–Crippen LogP) is 4.65. The van der Waals surface area contributed by atoms with E-state index in [0.717, 1.165) is 50.6 Å². The van der Waals surface area contributed by atoms with E-state index in [1.54, 1.807) is 13.1 Å². The Balaban J connectivity index is 0.00000320. The fraction of sp³-hybridized carbons (Fsp3) is 0.679. The van der Waals surface area contributed by atoms with Gasteiger partial charge in [0.1, 0.15) is 11.4 Å². The van der Waals surface area contributed by atoms with Crippen molar-refractivity contribution in [2.75, 3.05) is 13.6 Å². The molecule has 2 bridgehead atoms. The molecule has 204 valence electrons. The lowest BCUT2D eigenvalue weighted by Gasteiger charge is -2.48. The fourth-order valence-corrected chi connectivity index (χ4v) is 7.42. The van der Waals surface area contributed by atoms with Crippen LogP contribution < -0.4 is 5.32 Å². The second kappa shape index (κ2) is 10.9. The molecular weight excluding hydrogens is 495 g/mol. The second-order valence-electron chi connectivity index (χ2n) is 11.6. The number of hydrogen-bond acceptors (Lipinski definition) is 4. The molecule has 37 heavy (non-hydrogen) atoms. The highest BCUT2D eigenvalue weighted by Crippen LogP contribution is 2.48. The molecule has 7 nitrogen and oxygen atoms in total. The van der Waals surface area contributed by atoms with Crippen molar-refractivity contribution >= 4 is 30.3 Å². The van der Waals surface area contributed by atoms with Gasteiger partial charge in [-0.1, -0.05) is 25.0 Å². The van der Waals surface area contributed by atoms with E-state index in [4.69, 9.17) is 0 Å². The van der Waals surface area contributed by atoms with E-state index >= 15 is 0 Å².